The van der Waals surface area contributed by atoms with Crippen molar-refractivity contribution in [1.29, 1.82) is 0 Å². The average Bonchev–Trinajstić information content (AvgIpc) is 2.58. The van der Waals surface area contributed by atoms with Crippen molar-refractivity contribution in [2.75, 3.05) is 33.0 Å². The average molecular weight is 331 g/mol. The lowest BCUT2D eigenvalue weighted by atomic mass is 9.88. The Hall–Kier alpha value is -0.120. The summed E-state index contributed by atoms with van der Waals surface area (Å²) in [6, 6.07) is 0. The molecule has 0 aromatic carbocycles. The van der Waals surface area contributed by atoms with Crippen LogP contribution in [0.3, 0.4) is 0 Å². The largest absolute Gasteiger partial charge is 0.396 e. The number of aliphatic hydroxyl groups excluding tert-OH is 1. The predicted octanol–water partition coefficient (Wildman–Crippen LogP) is 5.35. The predicted molar refractivity (Wildman–Crippen MR) is 99.0 cm³/mol. The van der Waals surface area contributed by atoms with Crippen molar-refractivity contribution in [1.82, 2.24) is 0 Å². The topological polar surface area (TPSA) is 38.7 Å². The molecular weight excluding hydrogens is 288 g/mol. The summed E-state index contributed by atoms with van der Waals surface area (Å²) in [5.74, 6) is 0. The molecule has 3 nitrogen and oxygen atoms in total. The maximum atomic E-state index is 9.76. The Bertz CT molecular complexity index is 207. The molecule has 0 atom stereocenters. The Kier molecular flexibility index (Phi) is 16.6. The van der Waals surface area contributed by atoms with Crippen LogP contribution in [0.15, 0.2) is 0 Å². The molecule has 0 aromatic heterocycles. The number of ether oxygens (including phenoxy) is 2. The summed E-state index contributed by atoms with van der Waals surface area (Å²) in [7, 11) is 0. The molecule has 0 bridgehead atoms. The van der Waals surface area contributed by atoms with Gasteiger partial charge < -0.3 is 14.6 Å². The van der Waals surface area contributed by atoms with Gasteiger partial charge in [0, 0.05) is 18.6 Å². The van der Waals surface area contributed by atoms with Gasteiger partial charge in [0.1, 0.15) is 0 Å². The maximum absolute atomic E-state index is 9.76. The van der Waals surface area contributed by atoms with E-state index in [2.05, 4.69) is 20.8 Å². The third-order valence-corrected chi connectivity index (χ3v) is 4.69. The SMILES string of the molecule is CCCCCCCOCC(CC)(CO)COCCCCCCC. The molecule has 0 spiro atoms. The molecule has 1 N–H and O–H groups in total. The van der Waals surface area contributed by atoms with Gasteiger partial charge in [0.25, 0.3) is 0 Å². The molecule has 0 aliphatic carbocycles. The number of aliphatic hydroxyl groups is 1. The van der Waals surface area contributed by atoms with Crippen LogP contribution >= 0.6 is 0 Å². The van der Waals surface area contributed by atoms with Crippen molar-refractivity contribution in [2.24, 2.45) is 5.41 Å². The minimum absolute atomic E-state index is 0.148. The number of hydrogen-bond acceptors (Lipinski definition) is 3. The second-order valence-corrected chi connectivity index (χ2v) is 6.95. The van der Waals surface area contributed by atoms with Crippen LogP contribution in [-0.2, 0) is 9.47 Å². The van der Waals surface area contributed by atoms with Gasteiger partial charge in [-0.05, 0) is 19.3 Å². The quantitative estimate of drug-likeness (QED) is 0.344. The van der Waals surface area contributed by atoms with Gasteiger partial charge >= 0.3 is 0 Å². The fourth-order valence-electron chi connectivity index (χ4n) is 2.64. The molecule has 3 heteroatoms. The van der Waals surface area contributed by atoms with E-state index in [0.29, 0.717) is 13.2 Å². The fourth-order valence-corrected chi connectivity index (χ4v) is 2.64. The highest BCUT2D eigenvalue weighted by molar-refractivity contribution is 4.76. The first-order chi connectivity index (χ1) is 11.2. The van der Waals surface area contributed by atoms with Crippen LogP contribution in [0.25, 0.3) is 0 Å². The van der Waals surface area contributed by atoms with Gasteiger partial charge in [-0.25, -0.2) is 0 Å². The second-order valence-electron chi connectivity index (χ2n) is 6.95. The van der Waals surface area contributed by atoms with Crippen LogP contribution in [0.5, 0.6) is 0 Å². The van der Waals surface area contributed by atoms with Crippen LogP contribution in [-0.4, -0.2) is 38.1 Å². The molecule has 0 heterocycles. The molecule has 23 heavy (non-hydrogen) atoms. The molecule has 140 valence electrons. The Balaban J connectivity index is 3.74. The van der Waals surface area contributed by atoms with E-state index in [1.165, 1.54) is 51.4 Å². The Labute approximate surface area is 145 Å². The van der Waals surface area contributed by atoms with E-state index in [1.54, 1.807) is 0 Å². The first kappa shape index (κ1) is 22.9. The minimum Gasteiger partial charge on any atom is -0.396 e. The van der Waals surface area contributed by atoms with Crippen molar-refractivity contribution in [3.63, 3.8) is 0 Å². The van der Waals surface area contributed by atoms with Gasteiger partial charge in [-0.3, -0.25) is 0 Å². The van der Waals surface area contributed by atoms with E-state index in [-0.39, 0.29) is 12.0 Å². The summed E-state index contributed by atoms with van der Waals surface area (Å²) in [6.45, 7) is 9.58. The van der Waals surface area contributed by atoms with E-state index in [4.69, 9.17) is 9.47 Å². The van der Waals surface area contributed by atoms with E-state index in [0.717, 1.165) is 32.5 Å². The smallest absolute Gasteiger partial charge is 0.0566 e. The number of unbranched alkanes of at least 4 members (excludes halogenated alkanes) is 8. The van der Waals surface area contributed by atoms with Crippen LogP contribution in [0.4, 0.5) is 0 Å². The van der Waals surface area contributed by atoms with Crippen LogP contribution < -0.4 is 0 Å². The van der Waals surface area contributed by atoms with Crippen LogP contribution in [0.2, 0.25) is 0 Å². The van der Waals surface area contributed by atoms with Gasteiger partial charge in [-0.15, -0.1) is 0 Å². The summed E-state index contributed by atoms with van der Waals surface area (Å²) in [4.78, 5) is 0. The van der Waals surface area contributed by atoms with E-state index in [1.807, 2.05) is 0 Å². The molecule has 0 rings (SSSR count). The Morgan fingerprint density at radius 2 is 1.09 bits per heavy atom. The molecule has 0 fully saturated rings. The van der Waals surface area contributed by atoms with Crippen LogP contribution in [0.1, 0.15) is 91.4 Å². The van der Waals surface area contributed by atoms with Gasteiger partial charge in [0.2, 0.25) is 0 Å². The molecule has 0 aliphatic rings. The molecular formula is C20H42O3. The van der Waals surface area contributed by atoms with Gasteiger partial charge in [-0.2, -0.15) is 0 Å². The van der Waals surface area contributed by atoms with Crippen LogP contribution in [0, 0.1) is 5.41 Å². The monoisotopic (exact) mass is 330 g/mol. The van der Waals surface area contributed by atoms with E-state index < -0.39 is 0 Å². The van der Waals surface area contributed by atoms with Gasteiger partial charge in [0.05, 0.1) is 19.8 Å². The molecule has 0 saturated carbocycles. The van der Waals surface area contributed by atoms with Gasteiger partial charge in [0.15, 0.2) is 0 Å². The minimum atomic E-state index is -0.215. The summed E-state index contributed by atoms with van der Waals surface area (Å²) < 4.78 is 11.7. The lowest BCUT2D eigenvalue weighted by Crippen LogP contribution is -2.36. The zero-order chi connectivity index (χ0) is 17.2. The normalized spacial score (nSPS) is 12.0. The number of rotatable bonds is 18. The lowest BCUT2D eigenvalue weighted by Gasteiger charge is -2.30. The van der Waals surface area contributed by atoms with E-state index in [9.17, 15) is 5.11 Å². The molecule has 0 aromatic rings. The third kappa shape index (κ3) is 12.9. The third-order valence-electron chi connectivity index (χ3n) is 4.69. The Morgan fingerprint density at radius 3 is 1.43 bits per heavy atom. The first-order valence-corrected chi connectivity index (χ1v) is 10.0. The first-order valence-electron chi connectivity index (χ1n) is 10.0. The molecule has 0 unspecified atom stereocenters. The standard InChI is InChI=1S/C20H42O3/c1-4-7-9-11-13-15-22-18-20(6-3,17-21)19-23-16-14-12-10-8-5-2/h21H,4-19H2,1-3H3. The summed E-state index contributed by atoms with van der Waals surface area (Å²) in [5, 5.41) is 9.76. The zero-order valence-corrected chi connectivity index (χ0v) is 16.1. The zero-order valence-electron chi connectivity index (χ0n) is 16.1. The fraction of sp³-hybridized carbons (Fsp3) is 1.00. The van der Waals surface area contributed by atoms with Crippen molar-refractivity contribution in [3.8, 4) is 0 Å². The highest BCUT2D eigenvalue weighted by Crippen LogP contribution is 2.23. The number of hydrogen-bond donors (Lipinski definition) is 1. The summed E-state index contributed by atoms with van der Waals surface area (Å²) in [5.41, 5.74) is -0.215. The Morgan fingerprint density at radius 1 is 0.652 bits per heavy atom. The highest BCUT2D eigenvalue weighted by atomic mass is 16.5. The van der Waals surface area contributed by atoms with Crippen molar-refractivity contribution in [2.45, 2.75) is 91.4 Å². The summed E-state index contributed by atoms with van der Waals surface area (Å²) in [6.07, 6.45) is 13.5. The van der Waals surface area contributed by atoms with Crippen molar-refractivity contribution in [3.05, 3.63) is 0 Å². The lowest BCUT2D eigenvalue weighted by molar-refractivity contribution is -0.0541. The molecule has 0 amide bonds. The van der Waals surface area contributed by atoms with E-state index >= 15 is 0 Å². The molecule has 0 aliphatic heterocycles. The van der Waals surface area contributed by atoms with Gasteiger partial charge in [-0.1, -0.05) is 72.1 Å². The highest BCUT2D eigenvalue weighted by Gasteiger charge is 2.28. The summed E-state index contributed by atoms with van der Waals surface area (Å²) >= 11 is 0. The molecule has 0 saturated heterocycles. The molecule has 0 radical (unpaired) electrons. The van der Waals surface area contributed by atoms with Crippen molar-refractivity contribution >= 4 is 0 Å². The van der Waals surface area contributed by atoms with Crippen molar-refractivity contribution < 1.29 is 14.6 Å². The maximum Gasteiger partial charge on any atom is 0.0566 e. The second kappa shape index (κ2) is 16.7.